The van der Waals surface area contributed by atoms with Crippen LogP contribution in [0.4, 0.5) is 4.39 Å². The van der Waals surface area contributed by atoms with Gasteiger partial charge >= 0.3 is 5.76 Å². The Hall–Kier alpha value is -2.19. The Bertz CT molecular complexity index is 1090. The zero-order chi connectivity index (χ0) is 19.2. The van der Waals surface area contributed by atoms with Gasteiger partial charge in [-0.1, -0.05) is 12.2 Å². The Balaban J connectivity index is 1.53. The minimum atomic E-state index is -3.69. The Morgan fingerprint density at radius 3 is 2.67 bits per heavy atom. The zero-order valence-corrected chi connectivity index (χ0v) is 15.8. The van der Waals surface area contributed by atoms with Gasteiger partial charge < -0.3 is 4.42 Å². The predicted octanol–water partition coefficient (Wildman–Crippen LogP) is 2.96. The molecule has 144 valence electrons. The van der Waals surface area contributed by atoms with Crippen LogP contribution >= 0.6 is 0 Å². The van der Waals surface area contributed by atoms with Gasteiger partial charge in [0.1, 0.15) is 5.83 Å². The maximum atomic E-state index is 14.1. The Morgan fingerprint density at radius 1 is 1.22 bits per heavy atom. The molecular weight excluding hydrogens is 371 g/mol. The number of allylic oxidation sites excluding steroid dienone is 4. The molecule has 4 rings (SSSR count). The fraction of sp³-hybridized carbons (Fsp3) is 0.421. The molecule has 1 saturated heterocycles. The molecule has 1 atom stereocenters. The second kappa shape index (κ2) is 6.76. The van der Waals surface area contributed by atoms with Crippen LogP contribution in [0.1, 0.15) is 19.3 Å². The van der Waals surface area contributed by atoms with E-state index >= 15 is 0 Å². The number of oxazole rings is 1. The molecule has 0 radical (unpaired) electrons. The van der Waals surface area contributed by atoms with Gasteiger partial charge in [0.05, 0.1) is 10.4 Å². The molecule has 2 aliphatic rings. The van der Waals surface area contributed by atoms with Crippen LogP contribution in [0, 0.1) is 11.8 Å². The van der Waals surface area contributed by atoms with Gasteiger partial charge in [0, 0.05) is 32.1 Å². The lowest BCUT2D eigenvalue weighted by molar-refractivity contribution is 0.231. The lowest BCUT2D eigenvalue weighted by atomic mass is 9.82. The summed E-state index contributed by atoms with van der Waals surface area (Å²) in [5.74, 6) is -0.767. The average molecular weight is 392 g/mol. The largest absolute Gasteiger partial charge is 0.419 e. The molecule has 1 fully saturated rings. The van der Waals surface area contributed by atoms with E-state index in [9.17, 15) is 17.6 Å². The molecule has 1 aromatic carbocycles. The molecule has 1 aromatic heterocycles. The topological polar surface area (TPSA) is 72.5 Å². The van der Waals surface area contributed by atoms with Gasteiger partial charge in [-0.15, -0.1) is 0 Å². The van der Waals surface area contributed by atoms with Crippen LogP contribution in [-0.4, -0.2) is 30.4 Å². The van der Waals surface area contributed by atoms with Crippen molar-refractivity contribution in [3.63, 3.8) is 0 Å². The van der Waals surface area contributed by atoms with E-state index in [1.165, 1.54) is 21.0 Å². The van der Waals surface area contributed by atoms with Crippen LogP contribution in [-0.2, 0) is 17.1 Å². The number of rotatable bonds is 3. The van der Waals surface area contributed by atoms with Crippen LogP contribution in [0.3, 0.4) is 0 Å². The van der Waals surface area contributed by atoms with Gasteiger partial charge in [0.25, 0.3) is 0 Å². The third-order valence-corrected chi connectivity index (χ3v) is 7.41. The normalized spacial score (nSPS) is 22.3. The van der Waals surface area contributed by atoms with E-state index in [-0.39, 0.29) is 28.1 Å². The second-order valence-electron chi connectivity index (χ2n) is 7.08. The van der Waals surface area contributed by atoms with Crippen molar-refractivity contribution in [1.29, 1.82) is 0 Å². The second-order valence-corrected chi connectivity index (χ2v) is 9.01. The summed E-state index contributed by atoms with van der Waals surface area (Å²) in [6, 6.07) is 4.46. The van der Waals surface area contributed by atoms with Crippen LogP contribution in [0.25, 0.3) is 11.1 Å². The highest BCUT2D eigenvalue weighted by atomic mass is 32.2. The van der Waals surface area contributed by atoms with Gasteiger partial charge in [0.2, 0.25) is 10.0 Å². The SMILES string of the molecule is Cn1c(=O)oc2cc(S(=O)(=O)N3CCC(C4C=CCC=C4F)CC3)ccc21. The van der Waals surface area contributed by atoms with E-state index in [0.29, 0.717) is 37.9 Å². The molecule has 2 aromatic rings. The standard InChI is InChI=1S/C19H21FN2O4S/c1-21-17-7-6-14(12-18(17)26-19(21)23)27(24,25)22-10-8-13(9-11-22)15-4-2-3-5-16(15)20/h2,4-7,12-13,15H,3,8-11H2,1H3. The maximum absolute atomic E-state index is 14.1. The van der Waals surface area contributed by atoms with Crippen molar-refractivity contribution in [1.82, 2.24) is 8.87 Å². The number of nitrogens with zero attached hydrogens (tertiary/aromatic N) is 2. The van der Waals surface area contributed by atoms with Crippen LogP contribution in [0.2, 0.25) is 0 Å². The zero-order valence-electron chi connectivity index (χ0n) is 15.0. The Labute approximate surface area is 156 Å². The molecule has 0 saturated carbocycles. The summed E-state index contributed by atoms with van der Waals surface area (Å²) < 4.78 is 47.9. The number of hydrogen-bond acceptors (Lipinski definition) is 4. The van der Waals surface area contributed by atoms with Crippen molar-refractivity contribution < 1.29 is 17.2 Å². The number of benzene rings is 1. The lowest BCUT2D eigenvalue weighted by Crippen LogP contribution is -2.40. The Morgan fingerprint density at radius 2 is 1.96 bits per heavy atom. The molecule has 1 unspecified atom stereocenters. The number of piperidine rings is 1. The highest BCUT2D eigenvalue weighted by Gasteiger charge is 2.34. The van der Waals surface area contributed by atoms with Gasteiger partial charge in [-0.25, -0.2) is 17.6 Å². The first-order valence-electron chi connectivity index (χ1n) is 9.00. The molecule has 27 heavy (non-hydrogen) atoms. The molecule has 0 amide bonds. The molecule has 0 spiro atoms. The lowest BCUT2D eigenvalue weighted by Gasteiger charge is -2.34. The summed E-state index contributed by atoms with van der Waals surface area (Å²) in [5, 5.41) is 0. The van der Waals surface area contributed by atoms with Gasteiger partial charge in [-0.2, -0.15) is 4.31 Å². The summed E-state index contributed by atoms with van der Waals surface area (Å²) in [6.07, 6.45) is 7.29. The van der Waals surface area contributed by atoms with E-state index in [1.54, 1.807) is 19.2 Å². The molecular formula is C19H21FN2O4S. The quantitative estimate of drug-likeness (QED) is 0.753. The number of aryl methyl sites for hydroxylation is 1. The molecule has 0 bridgehead atoms. The van der Waals surface area contributed by atoms with Crippen molar-refractivity contribution >= 4 is 21.1 Å². The van der Waals surface area contributed by atoms with Crippen molar-refractivity contribution in [2.24, 2.45) is 18.9 Å². The molecule has 0 N–H and O–H groups in total. The first-order chi connectivity index (χ1) is 12.9. The smallest absolute Gasteiger partial charge is 0.408 e. The van der Waals surface area contributed by atoms with E-state index in [4.69, 9.17) is 4.42 Å². The number of fused-ring (bicyclic) bond motifs is 1. The van der Waals surface area contributed by atoms with Gasteiger partial charge in [0.15, 0.2) is 5.58 Å². The molecule has 1 aliphatic heterocycles. The highest BCUT2D eigenvalue weighted by molar-refractivity contribution is 7.89. The van der Waals surface area contributed by atoms with Crippen LogP contribution < -0.4 is 5.76 Å². The monoisotopic (exact) mass is 392 g/mol. The van der Waals surface area contributed by atoms with E-state index < -0.39 is 15.8 Å². The molecule has 1 aliphatic carbocycles. The van der Waals surface area contributed by atoms with Crippen molar-refractivity contribution in [2.45, 2.75) is 24.2 Å². The van der Waals surface area contributed by atoms with E-state index in [0.717, 1.165) is 0 Å². The molecule has 6 nitrogen and oxygen atoms in total. The Kier molecular flexibility index (Phi) is 4.55. The summed E-state index contributed by atoms with van der Waals surface area (Å²) in [6.45, 7) is 0.697. The third kappa shape index (κ3) is 3.17. The van der Waals surface area contributed by atoms with E-state index in [1.807, 2.05) is 12.2 Å². The first kappa shape index (κ1) is 18.2. The van der Waals surface area contributed by atoms with E-state index in [2.05, 4.69) is 0 Å². The number of hydrogen-bond donors (Lipinski definition) is 0. The van der Waals surface area contributed by atoms with Gasteiger partial charge in [-0.05, 0) is 43.4 Å². The minimum absolute atomic E-state index is 0.103. The van der Waals surface area contributed by atoms with Crippen molar-refractivity contribution in [3.8, 4) is 0 Å². The minimum Gasteiger partial charge on any atom is -0.408 e. The average Bonchev–Trinajstić information content (AvgIpc) is 2.96. The van der Waals surface area contributed by atoms with Crippen LogP contribution in [0.5, 0.6) is 0 Å². The summed E-state index contributed by atoms with van der Waals surface area (Å²) >= 11 is 0. The number of halogens is 1. The predicted molar refractivity (Wildman–Crippen MR) is 99.4 cm³/mol. The highest BCUT2D eigenvalue weighted by Crippen LogP contribution is 2.35. The molecule has 8 heteroatoms. The van der Waals surface area contributed by atoms with Crippen molar-refractivity contribution in [2.75, 3.05) is 13.1 Å². The maximum Gasteiger partial charge on any atom is 0.419 e. The molecule has 2 heterocycles. The van der Waals surface area contributed by atoms with Crippen molar-refractivity contribution in [3.05, 3.63) is 52.8 Å². The van der Waals surface area contributed by atoms with Crippen LogP contribution in [0.15, 0.2) is 56.4 Å². The fourth-order valence-corrected chi connectivity index (χ4v) is 5.40. The summed E-state index contributed by atoms with van der Waals surface area (Å²) in [4.78, 5) is 11.7. The summed E-state index contributed by atoms with van der Waals surface area (Å²) in [5.41, 5.74) is 0.794. The number of aromatic nitrogens is 1. The first-order valence-corrected chi connectivity index (χ1v) is 10.4. The number of sulfonamides is 1. The third-order valence-electron chi connectivity index (χ3n) is 5.52. The van der Waals surface area contributed by atoms with Gasteiger partial charge in [-0.3, -0.25) is 4.57 Å². The summed E-state index contributed by atoms with van der Waals surface area (Å²) in [7, 11) is -2.12. The fourth-order valence-electron chi connectivity index (χ4n) is 3.92.